The summed E-state index contributed by atoms with van der Waals surface area (Å²) in [6, 6.07) is 0. The minimum absolute atomic E-state index is 0.0124. The molecule has 0 aliphatic heterocycles. The first-order valence-electron chi connectivity index (χ1n) is 5.23. The van der Waals surface area contributed by atoms with Crippen molar-refractivity contribution in [3.05, 3.63) is 0 Å². The average molecular weight is 218 g/mol. The third-order valence-electron chi connectivity index (χ3n) is 1.93. The van der Waals surface area contributed by atoms with Crippen LogP contribution in [0.25, 0.3) is 0 Å². The van der Waals surface area contributed by atoms with Crippen LogP contribution in [0, 0.1) is 0 Å². The predicted octanol–water partition coefficient (Wildman–Crippen LogP) is -0.236. The molecule has 0 fully saturated rings. The third-order valence-corrected chi connectivity index (χ3v) is 1.93. The zero-order valence-electron chi connectivity index (χ0n) is 9.84. The average Bonchev–Trinajstić information content (AvgIpc) is 2.24. The first kappa shape index (κ1) is 14.3. The summed E-state index contributed by atoms with van der Waals surface area (Å²) in [4.78, 5) is 11.3. The lowest BCUT2D eigenvalue weighted by Crippen LogP contribution is -2.40. The summed E-state index contributed by atoms with van der Waals surface area (Å²) in [5.74, 6) is -0.0124. The second-order valence-corrected chi connectivity index (χ2v) is 3.29. The van der Waals surface area contributed by atoms with Crippen molar-refractivity contribution in [1.82, 2.24) is 10.6 Å². The van der Waals surface area contributed by atoms with E-state index in [9.17, 15) is 4.79 Å². The van der Waals surface area contributed by atoms with Gasteiger partial charge in [0.2, 0.25) is 5.91 Å². The molecule has 0 aromatic heterocycles. The first-order chi connectivity index (χ1) is 7.24. The van der Waals surface area contributed by atoms with E-state index in [4.69, 9.17) is 9.47 Å². The normalized spacial score (nSPS) is 12.5. The van der Waals surface area contributed by atoms with Gasteiger partial charge in [-0.3, -0.25) is 4.79 Å². The Morgan fingerprint density at radius 3 is 2.67 bits per heavy atom. The number of carbonyl (C=O) groups is 1. The fourth-order valence-electron chi connectivity index (χ4n) is 1.07. The van der Waals surface area contributed by atoms with Crippen molar-refractivity contribution in [3.63, 3.8) is 0 Å². The second kappa shape index (κ2) is 9.89. The highest BCUT2D eigenvalue weighted by molar-refractivity contribution is 5.77. The minimum atomic E-state index is -0.0786. The Hall–Kier alpha value is -0.650. The van der Waals surface area contributed by atoms with E-state index in [2.05, 4.69) is 17.6 Å². The molecule has 1 amide bonds. The molecule has 0 radical (unpaired) electrons. The summed E-state index contributed by atoms with van der Waals surface area (Å²) in [5, 5.41) is 5.80. The molecule has 0 spiro atoms. The van der Waals surface area contributed by atoms with Crippen LogP contribution in [-0.4, -0.2) is 52.5 Å². The summed E-state index contributed by atoms with van der Waals surface area (Å²) < 4.78 is 10.0. The highest BCUT2D eigenvalue weighted by Gasteiger charge is 2.08. The van der Waals surface area contributed by atoms with Gasteiger partial charge in [-0.05, 0) is 13.0 Å². The SMILES string of the molecule is CCCNCC(=O)NCC(COC)OC. The lowest BCUT2D eigenvalue weighted by atomic mass is 10.3. The van der Waals surface area contributed by atoms with Gasteiger partial charge in [0.05, 0.1) is 19.3 Å². The maximum atomic E-state index is 11.3. The molecule has 0 aliphatic carbocycles. The van der Waals surface area contributed by atoms with Crippen LogP contribution >= 0.6 is 0 Å². The van der Waals surface area contributed by atoms with Gasteiger partial charge in [-0.1, -0.05) is 6.92 Å². The van der Waals surface area contributed by atoms with Gasteiger partial charge in [-0.15, -0.1) is 0 Å². The van der Waals surface area contributed by atoms with Crippen LogP contribution in [0.1, 0.15) is 13.3 Å². The van der Waals surface area contributed by atoms with Gasteiger partial charge in [-0.25, -0.2) is 0 Å². The van der Waals surface area contributed by atoms with Crippen LogP contribution in [0.3, 0.4) is 0 Å². The molecule has 0 aromatic rings. The van der Waals surface area contributed by atoms with Crippen LogP contribution < -0.4 is 10.6 Å². The molecule has 0 heterocycles. The van der Waals surface area contributed by atoms with Crippen LogP contribution in [0.5, 0.6) is 0 Å². The summed E-state index contributed by atoms with van der Waals surface area (Å²) in [5.41, 5.74) is 0. The van der Waals surface area contributed by atoms with Crippen molar-refractivity contribution in [3.8, 4) is 0 Å². The van der Waals surface area contributed by atoms with Gasteiger partial charge >= 0.3 is 0 Å². The van der Waals surface area contributed by atoms with Gasteiger partial charge in [0.25, 0.3) is 0 Å². The van der Waals surface area contributed by atoms with Gasteiger partial charge in [0.1, 0.15) is 0 Å². The number of hydrogen-bond donors (Lipinski definition) is 2. The van der Waals surface area contributed by atoms with Crippen LogP contribution in [0.15, 0.2) is 0 Å². The minimum Gasteiger partial charge on any atom is -0.382 e. The number of ether oxygens (including phenoxy) is 2. The zero-order chi connectivity index (χ0) is 11.5. The van der Waals surface area contributed by atoms with E-state index in [-0.39, 0.29) is 12.0 Å². The fourth-order valence-corrected chi connectivity index (χ4v) is 1.07. The summed E-state index contributed by atoms with van der Waals surface area (Å²) in [6.45, 7) is 4.25. The zero-order valence-corrected chi connectivity index (χ0v) is 9.84. The molecule has 15 heavy (non-hydrogen) atoms. The fraction of sp³-hybridized carbons (Fsp3) is 0.900. The Morgan fingerprint density at radius 1 is 1.40 bits per heavy atom. The highest BCUT2D eigenvalue weighted by atomic mass is 16.5. The molecule has 0 saturated heterocycles. The molecule has 0 aliphatic rings. The lowest BCUT2D eigenvalue weighted by molar-refractivity contribution is -0.121. The summed E-state index contributed by atoms with van der Waals surface area (Å²) >= 11 is 0. The Bertz CT molecular complexity index is 165. The van der Waals surface area contributed by atoms with Crippen LogP contribution in [0.4, 0.5) is 0 Å². The smallest absolute Gasteiger partial charge is 0.234 e. The van der Waals surface area contributed by atoms with E-state index in [0.717, 1.165) is 13.0 Å². The van der Waals surface area contributed by atoms with E-state index in [1.54, 1.807) is 14.2 Å². The molecule has 2 N–H and O–H groups in total. The molecule has 90 valence electrons. The number of rotatable bonds is 9. The predicted molar refractivity (Wildman–Crippen MR) is 58.8 cm³/mol. The van der Waals surface area contributed by atoms with E-state index in [1.807, 2.05) is 0 Å². The van der Waals surface area contributed by atoms with E-state index >= 15 is 0 Å². The van der Waals surface area contributed by atoms with E-state index in [0.29, 0.717) is 19.7 Å². The van der Waals surface area contributed by atoms with Crippen molar-refractivity contribution in [2.75, 3.05) is 40.5 Å². The molecular formula is C10H22N2O3. The molecule has 0 rings (SSSR count). The lowest BCUT2D eigenvalue weighted by Gasteiger charge is -2.15. The molecular weight excluding hydrogens is 196 g/mol. The molecule has 1 unspecified atom stereocenters. The van der Waals surface area contributed by atoms with Gasteiger partial charge in [0.15, 0.2) is 0 Å². The van der Waals surface area contributed by atoms with E-state index < -0.39 is 0 Å². The van der Waals surface area contributed by atoms with Gasteiger partial charge < -0.3 is 20.1 Å². The van der Waals surface area contributed by atoms with Crippen molar-refractivity contribution >= 4 is 5.91 Å². The Kier molecular flexibility index (Phi) is 9.46. The number of nitrogens with one attached hydrogen (secondary N) is 2. The molecule has 0 bridgehead atoms. The van der Waals surface area contributed by atoms with Crippen LogP contribution in [0.2, 0.25) is 0 Å². The van der Waals surface area contributed by atoms with Crippen molar-refractivity contribution < 1.29 is 14.3 Å². The van der Waals surface area contributed by atoms with Crippen molar-refractivity contribution in [2.45, 2.75) is 19.4 Å². The Morgan fingerprint density at radius 2 is 2.13 bits per heavy atom. The number of hydrogen-bond acceptors (Lipinski definition) is 4. The Balaban J connectivity index is 3.50. The number of carbonyl (C=O) groups excluding carboxylic acids is 1. The maximum Gasteiger partial charge on any atom is 0.234 e. The quantitative estimate of drug-likeness (QED) is 0.525. The summed E-state index contributed by atoms with van der Waals surface area (Å²) in [7, 11) is 3.21. The third kappa shape index (κ3) is 8.35. The topological polar surface area (TPSA) is 59.6 Å². The molecule has 5 heteroatoms. The molecule has 5 nitrogen and oxygen atoms in total. The molecule has 1 atom stereocenters. The van der Waals surface area contributed by atoms with Crippen molar-refractivity contribution in [2.24, 2.45) is 0 Å². The van der Waals surface area contributed by atoms with Crippen molar-refractivity contribution in [1.29, 1.82) is 0 Å². The largest absolute Gasteiger partial charge is 0.382 e. The monoisotopic (exact) mass is 218 g/mol. The second-order valence-electron chi connectivity index (χ2n) is 3.29. The first-order valence-corrected chi connectivity index (χ1v) is 5.23. The summed E-state index contributed by atoms with van der Waals surface area (Å²) in [6.07, 6.45) is 0.947. The standard InChI is InChI=1S/C10H22N2O3/c1-4-5-11-7-10(13)12-6-9(15-3)8-14-2/h9,11H,4-8H2,1-3H3,(H,12,13). The van der Waals surface area contributed by atoms with E-state index in [1.165, 1.54) is 0 Å². The number of methoxy groups -OCH3 is 2. The van der Waals surface area contributed by atoms with Gasteiger partial charge in [0, 0.05) is 20.8 Å². The maximum absolute atomic E-state index is 11.3. The molecule has 0 saturated carbocycles. The van der Waals surface area contributed by atoms with Crippen LogP contribution in [-0.2, 0) is 14.3 Å². The van der Waals surface area contributed by atoms with Gasteiger partial charge in [-0.2, -0.15) is 0 Å². The number of amides is 1. The Labute approximate surface area is 91.5 Å². The highest BCUT2D eigenvalue weighted by Crippen LogP contribution is 1.88. The molecule has 0 aromatic carbocycles.